The molecule has 4 aromatic carbocycles. The van der Waals surface area contributed by atoms with Gasteiger partial charge in [-0.3, -0.25) is 14.9 Å². The molecule has 0 aliphatic carbocycles. The summed E-state index contributed by atoms with van der Waals surface area (Å²) in [7, 11) is 0. The van der Waals surface area contributed by atoms with Gasteiger partial charge in [-0.2, -0.15) is 9.78 Å². The van der Waals surface area contributed by atoms with Crippen molar-refractivity contribution in [1.29, 1.82) is 0 Å². The predicted octanol–water partition coefficient (Wildman–Crippen LogP) is 5.13. The Labute approximate surface area is 221 Å². The SMILES string of the molecule is O=C(O)c1ccc(COc2c(C=Nn3c(-c4ccccc4)nc4ccccc4c3=O)cccc2[N+](=O)[O-])cc1. The number of hydrogen-bond acceptors (Lipinski definition) is 7. The van der Waals surface area contributed by atoms with E-state index in [0.717, 1.165) is 4.68 Å². The van der Waals surface area contributed by atoms with E-state index in [0.29, 0.717) is 27.9 Å². The maximum Gasteiger partial charge on any atom is 0.335 e. The number of ether oxygens (including phenoxy) is 1. The van der Waals surface area contributed by atoms with Crippen LogP contribution in [-0.4, -0.2) is 31.9 Å². The van der Waals surface area contributed by atoms with Gasteiger partial charge in [0.05, 0.1) is 27.6 Å². The number of aromatic carboxylic acids is 1. The molecule has 10 heteroatoms. The molecule has 5 rings (SSSR count). The smallest absolute Gasteiger partial charge is 0.335 e. The van der Waals surface area contributed by atoms with Crippen molar-refractivity contribution in [2.45, 2.75) is 6.61 Å². The van der Waals surface area contributed by atoms with E-state index in [1.165, 1.54) is 30.5 Å². The van der Waals surface area contributed by atoms with Crippen LogP contribution in [0.25, 0.3) is 22.3 Å². The minimum Gasteiger partial charge on any atom is -0.481 e. The Morgan fingerprint density at radius 2 is 1.69 bits per heavy atom. The van der Waals surface area contributed by atoms with Gasteiger partial charge in [0.25, 0.3) is 5.56 Å². The van der Waals surface area contributed by atoms with Crippen LogP contribution < -0.4 is 10.3 Å². The average Bonchev–Trinajstić information content (AvgIpc) is 2.96. The molecule has 0 aliphatic heterocycles. The molecule has 1 N–H and O–H groups in total. The quantitative estimate of drug-likeness (QED) is 0.170. The van der Waals surface area contributed by atoms with Crippen molar-refractivity contribution in [1.82, 2.24) is 9.66 Å². The van der Waals surface area contributed by atoms with Gasteiger partial charge in [0.2, 0.25) is 5.75 Å². The Bertz CT molecular complexity index is 1780. The number of nitrogens with zero attached hydrogens (tertiary/aromatic N) is 4. The summed E-state index contributed by atoms with van der Waals surface area (Å²) in [5.41, 5.74) is 1.49. The third-order valence-corrected chi connectivity index (χ3v) is 5.90. The lowest BCUT2D eigenvalue weighted by Gasteiger charge is -2.11. The highest BCUT2D eigenvalue weighted by Gasteiger charge is 2.19. The van der Waals surface area contributed by atoms with Crippen molar-refractivity contribution in [3.63, 3.8) is 0 Å². The van der Waals surface area contributed by atoms with Gasteiger partial charge in [-0.25, -0.2) is 9.78 Å². The lowest BCUT2D eigenvalue weighted by atomic mass is 10.1. The molecule has 0 bridgehead atoms. The monoisotopic (exact) mass is 520 g/mol. The van der Waals surface area contributed by atoms with Gasteiger partial charge in [0.1, 0.15) is 6.61 Å². The largest absolute Gasteiger partial charge is 0.481 e. The van der Waals surface area contributed by atoms with Gasteiger partial charge >= 0.3 is 11.7 Å². The fourth-order valence-corrected chi connectivity index (χ4v) is 3.97. The number of aromatic nitrogens is 2. The van der Waals surface area contributed by atoms with E-state index >= 15 is 0 Å². The summed E-state index contributed by atoms with van der Waals surface area (Å²) in [5.74, 6) is -0.799. The first-order valence-electron chi connectivity index (χ1n) is 11.8. The van der Waals surface area contributed by atoms with Crippen LogP contribution >= 0.6 is 0 Å². The van der Waals surface area contributed by atoms with E-state index in [-0.39, 0.29) is 29.2 Å². The summed E-state index contributed by atoms with van der Waals surface area (Å²) in [5, 5.41) is 25.6. The molecular weight excluding hydrogens is 500 g/mol. The number of carbonyl (C=O) groups is 1. The van der Waals surface area contributed by atoms with Gasteiger partial charge in [-0.05, 0) is 35.9 Å². The van der Waals surface area contributed by atoms with Crippen LogP contribution in [0, 0.1) is 10.1 Å². The number of rotatable bonds is 8. The molecule has 0 spiro atoms. The second kappa shape index (κ2) is 10.8. The Hall–Kier alpha value is -5.64. The molecule has 1 heterocycles. The van der Waals surface area contributed by atoms with Crippen molar-refractivity contribution < 1.29 is 19.6 Å². The molecule has 0 fully saturated rings. The second-order valence-corrected chi connectivity index (χ2v) is 8.42. The minimum absolute atomic E-state index is 0.0448. The van der Waals surface area contributed by atoms with E-state index in [1.54, 1.807) is 54.6 Å². The molecule has 0 unspecified atom stereocenters. The molecule has 0 radical (unpaired) electrons. The van der Waals surface area contributed by atoms with E-state index in [1.807, 2.05) is 18.2 Å². The van der Waals surface area contributed by atoms with Crippen LogP contribution in [0.2, 0.25) is 0 Å². The zero-order valence-corrected chi connectivity index (χ0v) is 20.3. The lowest BCUT2D eigenvalue weighted by Crippen LogP contribution is -2.20. The molecule has 0 amide bonds. The van der Waals surface area contributed by atoms with Gasteiger partial charge in [-0.1, -0.05) is 60.7 Å². The van der Waals surface area contributed by atoms with Crippen LogP contribution in [0.1, 0.15) is 21.5 Å². The highest BCUT2D eigenvalue weighted by molar-refractivity contribution is 5.88. The zero-order chi connectivity index (χ0) is 27.4. The van der Waals surface area contributed by atoms with Crippen LogP contribution in [0.15, 0.2) is 107 Å². The number of benzene rings is 4. The number of carboxylic acids is 1. The maximum absolute atomic E-state index is 13.4. The topological polar surface area (TPSA) is 137 Å². The number of carboxylic acid groups (broad SMARTS) is 1. The van der Waals surface area contributed by atoms with Crippen molar-refractivity contribution in [2.75, 3.05) is 0 Å². The Morgan fingerprint density at radius 1 is 0.974 bits per heavy atom. The normalized spacial score (nSPS) is 11.1. The summed E-state index contributed by atoms with van der Waals surface area (Å²) in [6.45, 7) is -0.0572. The molecule has 1 aromatic heterocycles. The molecule has 5 aromatic rings. The van der Waals surface area contributed by atoms with Gasteiger partial charge in [0, 0.05) is 17.2 Å². The lowest BCUT2D eigenvalue weighted by molar-refractivity contribution is -0.385. The molecule has 0 aliphatic rings. The first-order valence-corrected chi connectivity index (χ1v) is 11.8. The molecule has 0 atom stereocenters. The zero-order valence-electron chi connectivity index (χ0n) is 20.3. The third-order valence-electron chi connectivity index (χ3n) is 5.90. The number of fused-ring (bicyclic) bond motifs is 1. The van der Waals surface area contributed by atoms with E-state index in [4.69, 9.17) is 9.84 Å². The van der Waals surface area contributed by atoms with Gasteiger partial charge in [0.15, 0.2) is 5.82 Å². The molecule has 0 saturated heterocycles. The summed E-state index contributed by atoms with van der Waals surface area (Å²) in [4.78, 5) is 40.4. The Balaban J connectivity index is 1.57. The minimum atomic E-state index is -1.06. The average molecular weight is 521 g/mol. The highest BCUT2D eigenvalue weighted by Crippen LogP contribution is 2.31. The fourth-order valence-electron chi connectivity index (χ4n) is 3.97. The summed E-state index contributed by atoms with van der Waals surface area (Å²) in [6.07, 6.45) is 1.32. The summed E-state index contributed by atoms with van der Waals surface area (Å²) in [6, 6.07) is 26.4. The standard InChI is InChI=1S/C29H20N4O6/c34-28-23-10-4-5-11-24(23)31-27(20-7-2-1-3-8-20)32(28)30-17-22-9-6-12-25(33(37)38)26(22)39-18-19-13-15-21(16-14-19)29(35)36/h1-17H,18H2,(H,35,36). The van der Waals surface area contributed by atoms with Gasteiger partial charge in [-0.15, -0.1) is 0 Å². The first kappa shape index (κ1) is 25.0. The predicted molar refractivity (Wildman–Crippen MR) is 145 cm³/mol. The molecular formula is C29H20N4O6. The van der Waals surface area contributed by atoms with Gasteiger partial charge < -0.3 is 9.84 Å². The number of nitro groups is 1. The Morgan fingerprint density at radius 3 is 2.41 bits per heavy atom. The number of para-hydroxylation sites is 2. The van der Waals surface area contributed by atoms with Crippen molar-refractivity contribution in [3.05, 3.63) is 134 Å². The second-order valence-electron chi connectivity index (χ2n) is 8.42. The van der Waals surface area contributed by atoms with Crippen molar-refractivity contribution in [2.24, 2.45) is 5.10 Å². The maximum atomic E-state index is 13.4. The fraction of sp³-hybridized carbons (Fsp3) is 0.0345. The Kier molecular flexibility index (Phi) is 6.91. The van der Waals surface area contributed by atoms with Crippen LogP contribution in [-0.2, 0) is 6.61 Å². The van der Waals surface area contributed by atoms with Crippen molar-refractivity contribution >= 4 is 28.8 Å². The molecule has 39 heavy (non-hydrogen) atoms. The third kappa shape index (κ3) is 5.25. The van der Waals surface area contributed by atoms with Crippen molar-refractivity contribution in [3.8, 4) is 17.1 Å². The molecule has 192 valence electrons. The number of hydrogen-bond donors (Lipinski definition) is 1. The number of nitro benzene ring substituents is 1. The van der Waals surface area contributed by atoms with E-state index in [2.05, 4.69) is 10.1 Å². The molecule has 0 saturated carbocycles. The van der Waals surface area contributed by atoms with Crippen LogP contribution in [0.4, 0.5) is 5.69 Å². The van der Waals surface area contributed by atoms with Crippen LogP contribution in [0.5, 0.6) is 5.75 Å². The van der Waals surface area contributed by atoms with E-state index in [9.17, 15) is 19.7 Å². The molecule has 10 nitrogen and oxygen atoms in total. The van der Waals surface area contributed by atoms with Crippen LogP contribution in [0.3, 0.4) is 0 Å². The van der Waals surface area contributed by atoms with E-state index < -0.39 is 16.5 Å². The first-order chi connectivity index (χ1) is 18.9. The summed E-state index contributed by atoms with van der Waals surface area (Å²) < 4.78 is 6.99. The highest BCUT2D eigenvalue weighted by atomic mass is 16.6. The summed E-state index contributed by atoms with van der Waals surface area (Å²) >= 11 is 0.